The van der Waals surface area contributed by atoms with Gasteiger partial charge in [0.1, 0.15) is 0 Å². The molecule has 2 N–H and O–H groups in total. The van der Waals surface area contributed by atoms with E-state index in [1.807, 2.05) is 12.1 Å². The third kappa shape index (κ3) is 4.51. The van der Waals surface area contributed by atoms with E-state index in [0.717, 1.165) is 25.4 Å². The van der Waals surface area contributed by atoms with Crippen LogP contribution in [0, 0.1) is 6.92 Å². The lowest BCUT2D eigenvalue weighted by molar-refractivity contribution is 0.110. The Kier molecular flexibility index (Phi) is 6.89. The Morgan fingerprint density at radius 2 is 1.95 bits per heavy atom. The predicted molar refractivity (Wildman–Crippen MR) is 82.2 cm³/mol. The fraction of sp³-hybridized carbons (Fsp3) is 0.625. The lowest BCUT2D eigenvalue weighted by Crippen LogP contribution is -2.36. The zero-order chi connectivity index (χ0) is 14.3. The van der Waals surface area contributed by atoms with Crippen LogP contribution in [0.3, 0.4) is 0 Å². The maximum atomic E-state index is 5.99. The predicted octanol–water partition coefficient (Wildman–Crippen LogP) is 3.21. The second-order valence-corrected chi connectivity index (χ2v) is 5.06. The van der Waals surface area contributed by atoms with Gasteiger partial charge in [0.15, 0.2) is 0 Å². The summed E-state index contributed by atoms with van der Waals surface area (Å²) in [6.07, 6.45) is 2.34. The first-order valence-corrected chi connectivity index (χ1v) is 7.20. The van der Waals surface area contributed by atoms with Crippen molar-refractivity contribution < 1.29 is 4.74 Å². The van der Waals surface area contributed by atoms with Crippen molar-refractivity contribution in [3.8, 4) is 0 Å². The first-order valence-electron chi connectivity index (χ1n) is 7.20. The summed E-state index contributed by atoms with van der Waals surface area (Å²) in [6.45, 7) is 9.30. The molecule has 0 bridgehead atoms. The highest BCUT2D eigenvalue weighted by molar-refractivity contribution is 5.49. The Morgan fingerprint density at radius 3 is 2.53 bits per heavy atom. The van der Waals surface area contributed by atoms with Gasteiger partial charge in [0, 0.05) is 31.9 Å². The third-order valence-corrected chi connectivity index (χ3v) is 3.90. The van der Waals surface area contributed by atoms with E-state index in [9.17, 15) is 0 Å². The number of nitrogens with zero attached hydrogens (tertiary/aromatic N) is 1. The number of hydrogen-bond acceptors (Lipinski definition) is 3. The largest absolute Gasteiger partial charge is 0.399 e. The minimum Gasteiger partial charge on any atom is -0.399 e. The van der Waals surface area contributed by atoms with Crippen LogP contribution < -0.4 is 5.73 Å². The molecule has 0 radical (unpaired) electrons. The summed E-state index contributed by atoms with van der Waals surface area (Å²) in [6, 6.07) is 6.79. The maximum Gasteiger partial charge on any atom is 0.0589 e. The summed E-state index contributed by atoms with van der Waals surface area (Å²) < 4.78 is 5.24. The minimum atomic E-state index is 0.607. The average Bonchev–Trinajstić information content (AvgIpc) is 2.42. The van der Waals surface area contributed by atoms with E-state index < -0.39 is 0 Å². The van der Waals surface area contributed by atoms with Crippen molar-refractivity contribution >= 4 is 5.69 Å². The zero-order valence-corrected chi connectivity index (χ0v) is 12.8. The Labute approximate surface area is 117 Å². The van der Waals surface area contributed by atoms with E-state index >= 15 is 0 Å². The molecule has 1 aromatic carbocycles. The summed E-state index contributed by atoms with van der Waals surface area (Å²) in [5.74, 6) is 0. The molecule has 0 unspecified atom stereocenters. The molecule has 19 heavy (non-hydrogen) atoms. The number of benzene rings is 1. The number of rotatable bonds is 8. The number of anilines is 1. The molecule has 1 rings (SSSR count). The quantitative estimate of drug-likeness (QED) is 0.733. The smallest absolute Gasteiger partial charge is 0.0589 e. The van der Waals surface area contributed by atoms with Crippen molar-refractivity contribution in [3.05, 3.63) is 29.3 Å². The Bertz CT molecular complexity index is 375. The number of methoxy groups -OCH3 is 1. The van der Waals surface area contributed by atoms with Gasteiger partial charge in [0.2, 0.25) is 0 Å². The first kappa shape index (κ1) is 16.0. The molecule has 0 aliphatic heterocycles. The molecule has 0 saturated heterocycles. The molecule has 1 aromatic rings. The Morgan fingerprint density at radius 1 is 1.26 bits per heavy atom. The van der Waals surface area contributed by atoms with Gasteiger partial charge in [0.05, 0.1) is 6.61 Å². The first-order chi connectivity index (χ1) is 9.13. The summed E-state index contributed by atoms with van der Waals surface area (Å²) >= 11 is 0. The van der Waals surface area contributed by atoms with Gasteiger partial charge in [-0.2, -0.15) is 0 Å². The molecule has 0 aliphatic rings. The highest BCUT2D eigenvalue weighted by Crippen LogP contribution is 2.20. The lowest BCUT2D eigenvalue weighted by Gasteiger charge is -2.31. The molecular weight excluding hydrogens is 236 g/mol. The van der Waals surface area contributed by atoms with Crippen molar-refractivity contribution in [2.45, 2.75) is 46.2 Å². The summed E-state index contributed by atoms with van der Waals surface area (Å²) in [4.78, 5) is 2.51. The van der Waals surface area contributed by atoms with Gasteiger partial charge in [0.25, 0.3) is 0 Å². The second kappa shape index (κ2) is 8.18. The van der Waals surface area contributed by atoms with Gasteiger partial charge in [-0.05, 0) is 37.0 Å². The molecule has 0 spiro atoms. The van der Waals surface area contributed by atoms with Crippen LogP contribution in [0.15, 0.2) is 18.2 Å². The van der Waals surface area contributed by atoms with Crippen molar-refractivity contribution in [1.82, 2.24) is 4.90 Å². The molecule has 108 valence electrons. The molecule has 0 fully saturated rings. The van der Waals surface area contributed by atoms with Gasteiger partial charge in [-0.25, -0.2) is 0 Å². The third-order valence-electron chi connectivity index (χ3n) is 3.90. The monoisotopic (exact) mass is 264 g/mol. The van der Waals surface area contributed by atoms with Gasteiger partial charge in [-0.3, -0.25) is 4.90 Å². The zero-order valence-electron chi connectivity index (χ0n) is 12.8. The van der Waals surface area contributed by atoms with Gasteiger partial charge < -0.3 is 10.5 Å². The highest BCUT2D eigenvalue weighted by Gasteiger charge is 2.16. The molecule has 0 atom stereocenters. The Hall–Kier alpha value is -1.06. The highest BCUT2D eigenvalue weighted by atomic mass is 16.5. The summed E-state index contributed by atoms with van der Waals surface area (Å²) in [5, 5.41) is 0. The number of ether oxygens (including phenoxy) is 1. The molecule has 0 aromatic heterocycles. The van der Waals surface area contributed by atoms with Crippen LogP contribution in [-0.2, 0) is 11.3 Å². The van der Waals surface area contributed by atoms with Crippen LogP contribution in [0.5, 0.6) is 0 Å². The number of nitrogen functional groups attached to an aromatic ring is 1. The lowest BCUT2D eigenvalue weighted by atomic mass is 10.0. The van der Waals surface area contributed by atoms with Crippen molar-refractivity contribution in [2.75, 3.05) is 26.0 Å². The number of nitrogens with two attached hydrogens (primary N) is 1. The topological polar surface area (TPSA) is 38.5 Å². The van der Waals surface area contributed by atoms with Crippen LogP contribution in [0.2, 0.25) is 0 Å². The standard InChI is InChI=1S/C16H28N2O/c1-5-15(6-2)18(10-11-19-4)12-14-8-7-9-16(17)13(14)3/h7-9,15H,5-6,10-12,17H2,1-4H3. The molecule has 0 aliphatic carbocycles. The molecule has 0 heterocycles. The van der Waals surface area contributed by atoms with Gasteiger partial charge in [-0.1, -0.05) is 26.0 Å². The fourth-order valence-electron chi connectivity index (χ4n) is 2.50. The van der Waals surface area contributed by atoms with Crippen LogP contribution in [0.25, 0.3) is 0 Å². The van der Waals surface area contributed by atoms with Crippen LogP contribution in [-0.4, -0.2) is 31.2 Å². The normalized spacial score (nSPS) is 11.5. The van der Waals surface area contributed by atoms with E-state index in [-0.39, 0.29) is 0 Å². The minimum absolute atomic E-state index is 0.607. The maximum absolute atomic E-state index is 5.99. The van der Waals surface area contributed by atoms with Crippen LogP contribution in [0.4, 0.5) is 5.69 Å². The van der Waals surface area contributed by atoms with Crippen molar-refractivity contribution in [2.24, 2.45) is 0 Å². The molecule has 0 saturated carbocycles. The Balaban J connectivity index is 2.83. The van der Waals surface area contributed by atoms with E-state index in [4.69, 9.17) is 10.5 Å². The second-order valence-electron chi connectivity index (χ2n) is 5.06. The fourth-order valence-corrected chi connectivity index (χ4v) is 2.50. The molecular formula is C16H28N2O. The van der Waals surface area contributed by atoms with E-state index in [1.54, 1.807) is 7.11 Å². The molecule has 3 nitrogen and oxygen atoms in total. The molecule has 0 amide bonds. The van der Waals surface area contributed by atoms with E-state index in [0.29, 0.717) is 6.04 Å². The average molecular weight is 264 g/mol. The summed E-state index contributed by atoms with van der Waals surface area (Å²) in [7, 11) is 1.76. The van der Waals surface area contributed by atoms with Crippen LogP contribution in [0.1, 0.15) is 37.8 Å². The van der Waals surface area contributed by atoms with E-state index in [2.05, 4.69) is 31.7 Å². The van der Waals surface area contributed by atoms with Crippen molar-refractivity contribution in [1.29, 1.82) is 0 Å². The van der Waals surface area contributed by atoms with Crippen LogP contribution >= 0.6 is 0 Å². The van der Waals surface area contributed by atoms with Gasteiger partial charge >= 0.3 is 0 Å². The molecule has 3 heteroatoms. The number of hydrogen-bond donors (Lipinski definition) is 1. The van der Waals surface area contributed by atoms with Crippen molar-refractivity contribution in [3.63, 3.8) is 0 Å². The van der Waals surface area contributed by atoms with E-state index in [1.165, 1.54) is 24.0 Å². The SMILES string of the molecule is CCC(CC)N(CCOC)Cc1cccc(N)c1C. The van der Waals surface area contributed by atoms with Gasteiger partial charge in [-0.15, -0.1) is 0 Å². The summed E-state index contributed by atoms with van der Waals surface area (Å²) in [5.41, 5.74) is 9.40.